The van der Waals surface area contributed by atoms with Crippen molar-refractivity contribution in [3.8, 4) is 0 Å². The first-order chi connectivity index (χ1) is 11.8. The third-order valence-electron chi connectivity index (χ3n) is 4.88. The predicted molar refractivity (Wildman–Crippen MR) is 101 cm³/mol. The van der Waals surface area contributed by atoms with Crippen LogP contribution in [0, 0.1) is 5.92 Å². The van der Waals surface area contributed by atoms with Crippen LogP contribution in [0.5, 0.6) is 0 Å². The van der Waals surface area contributed by atoms with Crippen LogP contribution in [-0.4, -0.2) is 55.5 Å². The number of likely N-dealkylation sites (tertiary alicyclic amines) is 1. The number of carbonyl (C=O) groups excluding carboxylic acids is 1. The van der Waals surface area contributed by atoms with Crippen molar-refractivity contribution >= 4 is 15.9 Å². The maximum absolute atomic E-state index is 12.4. The van der Waals surface area contributed by atoms with Gasteiger partial charge in [-0.3, -0.25) is 4.79 Å². The molecule has 140 valence electrons. The lowest BCUT2D eigenvalue weighted by atomic mass is 9.90. The molecule has 0 unspecified atom stereocenters. The Morgan fingerprint density at radius 1 is 1.20 bits per heavy atom. The predicted octanol–water partition coefficient (Wildman–Crippen LogP) is 2.53. The zero-order chi connectivity index (χ0) is 18.4. The Morgan fingerprint density at radius 3 is 2.32 bits per heavy atom. The molecule has 0 atom stereocenters. The molecule has 1 aromatic rings. The summed E-state index contributed by atoms with van der Waals surface area (Å²) in [7, 11) is -3.27. The molecule has 0 N–H and O–H groups in total. The molecule has 25 heavy (non-hydrogen) atoms. The van der Waals surface area contributed by atoms with Crippen molar-refractivity contribution in [2.45, 2.75) is 45.6 Å². The van der Waals surface area contributed by atoms with E-state index in [4.69, 9.17) is 0 Å². The molecule has 6 heteroatoms. The van der Waals surface area contributed by atoms with Crippen molar-refractivity contribution < 1.29 is 13.2 Å². The molecular formula is C19H30N2O3S. The van der Waals surface area contributed by atoms with Crippen LogP contribution in [0.2, 0.25) is 0 Å². The summed E-state index contributed by atoms with van der Waals surface area (Å²) < 4.78 is 25.0. The highest BCUT2D eigenvalue weighted by Crippen LogP contribution is 2.22. The second kappa shape index (κ2) is 8.81. The lowest BCUT2D eigenvalue weighted by molar-refractivity contribution is -0.132. The molecule has 0 radical (unpaired) electrons. The molecule has 1 aliphatic rings. The van der Waals surface area contributed by atoms with Crippen LogP contribution in [-0.2, 0) is 21.2 Å². The molecule has 0 saturated carbocycles. The van der Waals surface area contributed by atoms with Gasteiger partial charge in [0.25, 0.3) is 0 Å². The van der Waals surface area contributed by atoms with Gasteiger partial charge in [0.05, 0.1) is 6.26 Å². The van der Waals surface area contributed by atoms with Crippen molar-refractivity contribution in [1.82, 2.24) is 9.21 Å². The fourth-order valence-electron chi connectivity index (χ4n) is 3.50. The number of carbonyl (C=O) groups is 1. The van der Waals surface area contributed by atoms with Crippen LogP contribution in [0.25, 0.3) is 0 Å². The van der Waals surface area contributed by atoms with Gasteiger partial charge in [0.15, 0.2) is 0 Å². The average Bonchev–Trinajstić information content (AvgIpc) is 2.55. The van der Waals surface area contributed by atoms with Crippen molar-refractivity contribution in [2.24, 2.45) is 5.92 Å². The van der Waals surface area contributed by atoms with Gasteiger partial charge in [-0.05, 0) is 44.6 Å². The van der Waals surface area contributed by atoms with E-state index in [0.717, 1.165) is 32.4 Å². The first kappa shape index (κ1) is 19.9. The maximum atomic E-state index is 12.4. The Kier molecular flexibility index (Phi) is 7.02. The summed E-state index contributed by atoms with van der Waals surface area (Å²) in [5.41, 5.74) is 1.35. The standard InChI is InChI=1S/C19H30N2O3S/c1-16(2)21(25(3,23)24)14-11-19(22)20-12-9-18(10-13-20)15-17-7-5-4-6-8-17/h4-8,16,18H,9-15H2,1-3H3. The van der Waals surface area contributed by atoms with Gasteiger partial charge in [-0.15, -0.1) is 0 Å². The van der Waals surface area contributed by atoms with E-state index in [0.29, 0.717) is 5.92 Å². The highest BCUT2D eigenvalue weighted by Gasteiger charge is 2.25. The van der Waals surface area contributed by atoms with Crippen molar-refractivity contribution in [3.63, 3.8) is 0 Å². The Balaban J connectivity index is 1.79. The van der Waals surface area contributed by atoms with Gasteiger partial charge in [-0.1, -0.05) is 30.3 Å². The minimum atomic E-state index is -3.27. The quantitative estimate of drug-likeness (QED) is 0.745. The number of amides is 1. The minimum Gasteiger partial charge on any atom is -0.343 e. The van der Waals surface area contributed by atoms with Gasteiger partial charge in [-0.25, -0.2) is 8.42 Å². The molecule has 2 rings (SSSR count). The van der Waals surface area contributed by atoms with Gasteiger partial charge >= 0.3 is 0 Å². The van der Waals surface area contributed by atoms with E-state index in [1.165, 1.54) is 16.1 Å². The van der Waals surface area contributed by atoms with E-state index in [1.54, 1.807) is 0 Å². The molecule has 1 aliphatic heterocycles. The summed E-state index contributed by atoms with van der Waals surface area (Å²) in [5, 5.41) is 0. The first-order valence-corrected chi connectivity index (χ1v) is 10.9. The van der Waals surface area contributed by atoms with Crippen LogP contribution < -0.4 is 0 Å². The molecule has 1 heterocycles. The van der Waals surface area contributed by atoms with Gasteiger partial charge in [-0.2, -0.15) is 4.31 Å². The topological polar surface area (TPSA) is 57.7 Å². The highest BCUT2D eigenvalue weighted by atomic mass is 32.2. The van der Waals surface area contributed by atoms with E-state index in [-0.39, 0.29) is 24.9 Å². The number of piperidine rings is 1. The Labute approximate surface area is 152 Å². The molecule has 0 aromatic heterocycles. The van der Waals surface area contributed by atoms with E-state index in [1.807, 2.05) is 24.8 Å². The molecular weight excluding hydrogens is 336 g/mol. The SMILES string of the molecule is CC(C)N(CCC(=O)N1CCC(Cc2ccccc2)CC1)S(C)(=O)=O. The first-order valence-electron chi connectivity index (χ1n) is 9.06. The van der Waals surface area contributed by atoms with Gasteiger partial charge in [0, 0.05) is 32.1 Å². The molecule has 1 fully saturated rings. The van der Waals surface area contributed by atoms with E-state index in [9.17, 15) is 13.2 Å². The van der Waals surface area contributed by atoms with Crippen molar-refractivity contribution in [3.05, 3.63) is 35.9 Å². The van der Waals surface area contributed by atoms with E-state index in [2.05, 4.69) is 24.3 Å². The second-order valence-electron chi connectivity index (χ2n) is 7.23. The largest absolute Gasteiger partial charge is 0.343 e. The van der Waals surface area contributed by atoms with E-state index < -0.39 is 10.0 Å². The molecule has 0 bridgehead atoms. The van der Waals surface area contributed by atoms with Crippen molar-refractivity contribution in [1.29, 1.82) is 0 Å². The van der Waals surface area contributed by atoms with Crippen LogP contribution in [0.4, 0.5) is 0 Å². The average molecular weight is 367 g/mol. The molecule has 0 spiro atoms. The fraction of sp³-hybridized carbons (Fsp3) is 0.632. The molecule has 0 aliphatic carbocycles. The van der Waals surface area contributed by atoms with Gasteiger partial charge in [0.2, 0.25) is 15.9 Å². The Hall–Kier alpha value is -1.40. The van der Waals surface area contributed by atoms with Crippen LogP contribution in [0.1, 0.15) is 38.7 Å². The summed E-state index contributed by atoms with van der Waals surface area (Å²) in [4.78, 5) is 14.3. The molecule has 1 saturated heterocycles. The highest BCUT2D eigenvalue weighted by molar-refractivity contribution is 7.88. The lowest BCUT2D eigenvalue weighted by Gasteiger charge is -2.33. The Morgan fingerprint density at radius 2 is 1.80 bits per heavy atom. The summed E-state index contributed by atoms with van der Waals surface area (Å²) in [6.07, 6.45) is 4.56. The van der Waals surface area contributed by atoms with Crippen molar-refractivity contribution in [2.75, 3.05) is 25.9 Å². The summed E-state index contributed by atoms with van der Waals surface area (Å²) in [5.74, 6) is 0.682. The summed E-state index contributed by atoms with van der Waals surface area (Å²) >= 11 is 0. The Bertz CT molecular complexity index is 651. The number of hydrogen-bond acceptors (Lipinski definition) is 3. The number of hydrogen-bond donors (Lipinski definition) is 0. The molecule has 5 nitrogen and oxygen atoms in total. The third-order valence-corrected chi connectivity index (χ3v) is 6.34. The monoisotopic (exact) mass is 366 g/mol. The third kappa shape index (κ3) is 6.12. The van der Waals surface area contributed by atoms with Crippen LogP contribution in [0.3, 0.4) is 0 Å². The zero-order valence-corrected chi connectivity index (χ0v) is 16.3. The lowest BCUT2D eigenvalue weighted by Crippen LogP contribution is -2.42. The number of benzene rings is 1. The van der Waals surface area contributed by atoms with Gasteiger partial charge in [0.1, 0.15) is 0 Å². The minimum absolute atomic E-state index is 0.0625. The second-order valence-corrected chi connectivity index (χ2v) is 9.17. The number of rotatable bonds is 7. The molecule has 1 amide bonds. The maximum Gasteiger partial charge on any atom is 0.223 e. The van der Waals surface area contributed by atoms with Gasteiger partial charge < -0.3 is 4.90 Å². The normalized spacial score (nSPS) is 16.6. The number of nitrogens with zero attached hydrogens (tertiary/aromatic N) is 2. The number of sulfonamides is 1. The summed E-state index contributed by atoms with van der Waals surface area (Å²) in [6, 6.07) is 10.3. The fourth-order valence-corrected chi connectivity index (χ4v) is 4.69. The van der Waals surface area contributed by atoms with Crippen LogP contribution in [0.15, 0.2) is 30.3 Å². The smallest absolute Gasteiger partial charge is 0.223 e. The summed E-state index contributed by atoms with van der Waals surface area (Å²) in [6.45, 7) is 5.48. The van der Waals surface area contributed by atoms with E-state index >= 15 is 0 Å². The zero-order valence-electron chi connectivity index (χ0n) is 15.5. The molecule has 1 aromatic carbocycles. The van der Waals surface area contributed by atoms with Crippen LogP contribution >= 0.6 is 0 Å².